The number of primary sulfonamides is 1. The van der Waals surface area contributed by atoms with E-state index >= 15 is 0 Å². The third-order valence-corrected chi connectivity index (χ3v) is 3.77. The molecule has 8 nitrogen and oxygen atoms in total. The van der Waals surface area contributed by atoms with Gasteiger partial charge in [0.2, 0.25) is 15.9 Å². The molecule has 23 heavy (non-hydrogen) atoms. The Morgan fingerprint density at radius 1 is 1.30 bits per heavy atom. The fourth-order valence-electron chi connectivity index (χ4n) is 1.94. The van der Waals surface area contributed by atoms with E-state index in [0.717, 1.165) is 0 Å². The lowest BCUT2D eigenvalue weighted by Crippen LogP contribution is -2.15. The molecule has 0 aliphatic heterocycles. The van der Waals surface area contributed by atoms with Crippen LogP contribution in [-0.2, 0) is 14.8 Å². The number of carbonyl (C=O) groups is 1. The molecule has 0 unspecified atom stereocenters. The number of ether oxygens (including phenoxy) is 1. The number of hydrogen-bond donors (Lipinski definition) is 2. The normalized spacial score (nSPS) is 11.1. The van der Waals surface area contributed by atoms with E-state index in [9.17, 15) is 13.2 Å². The average Bonchev–Trinajstić information content (AvgIpc) is 2.47. The van der Waals surface area contributed by atoms with Gasteiger partial charge in [0.1, 0.15) is 0 Å². The number of nitrogens with two attached hydrogens (primary N) is 1. The summed E-state index contributed by atoms with van der Waals surface area (Å²) in [6, 6.07) is 4.59. The second-order valence-electron chi connectivity index (χ2n) is 4.62. The Bertz CT molecular complexity index is 819. The summed E-state index contributed by atoms with van der Waals surface area (Å²) in [5, 5.41) is 7.78. The maximum Gasteiger partial charge on any atom is 0.316 e. The number of carbonyl (C=O) groups excluding carboxylic acids is 1. The molecule has 1 heterocycles. The monoisotopic (exact) mass is 336 g/mol. The predicted octanol–water partition coefficient (Wildman–Crippen LogP) is 1.15. The van der Waals surface area contributed by atoms with Gasteiger partial charge < -0.3 is 10.1 Å². The number of nitrogens with one attached hydrogen (secondary N) is 1. The molecular formula is C14H16N4O4S. The first kappa shape index (κ1) is 16.8. The summed E-state index contributed by atoms with van der Waals surface area (Å²) in [6.45, 7) is 3.55. The number of benzene rings is 1. The molecule has 2 aromatic rings. The van der Waals surface area contributed by atoms with Crippen molar-refractivity contribution in [3.63, 3.8) is 0 Å². The molecular weight excluding hydrogens is 320 g/mol. The Morgan fingerprint density at radius 3 is 2.48 bits per heavy atom. The first-order valence-electron chi connectivity index (χ1n) is 6.71. The summed E-state index contributed by atoms with van der Waals surface area (Å²) < 4.78 is 28.8. The summed E-state index contributed by atoms with van der Waals surface area (Å²) in [4.78, 5) is 19.0. The van der Waals surface area contributed by atoms with Crippen LogP contribution in [0.15, 0.2) is 35.5 Å². The van der Waals surface area contributed by atoms with Crippen molar-refractivity contribution < 1.29 is 17.9 Å². The van der Waals surface area contributed by atoms with Gasteiger partial charge in [-0.2, -0.15) is 0 Å². The van der Waals surface area contributed by atoms with Crippen LogP contribution in [0.1, 0.15) is 13.8 Å². The van der Waals surface area contributed by atoms with E-state index in [0.29, 0.717) is 23.4 Å². The van der Waals surface area contributed by atoms with E-state index in [-0.39, 0.29) is 16.8 Å². The minimum atomic E-state index is -4.00. The fourth-order valence-corrected chi connectivity index (χ4v) is 2.72. The van der Waals surface area contributed by atoms with Crippen LogP contribution in [0.25, 0.3) is 11.1 Å². The number of amides is 1. The lowest BCUT2D eigenvalue weighted by molar-refractivity contribution is -0.114. The maximum atomic E-state index is 11.8. The quantitative estimate of drug-likeness (QED) is 0.844. The first-order chi connectivity index (χ1) is 10.8. The zero-order valence-electron chi connectivity index (χ0n) is 12.6. The highest BCUT2D eigenvalue weighted by Gasteiger charge is 2.17. The van der Waals surface area contributed by atoms with Gasteiger partial charge in [0, 0.05) is 36.1 Å². The lowest BCUT2D eigenvalue weighted by atomic mass is 10.1. The Labute approximate surface area is 133 Å². The van der Waals surface area contributed by atoms with Gasteiger partial charge >= 0.3 is 6.01 Å². The van der Waals surface area contributed by atoms with E-state index in [4.69, 9.17) is 9.88 Å². The second-order valence-corrected chi connectivity index (χ2v) is 6.15. The largest absolute Gasteiger partial charge is 0.464 e. The van der Waals surface area contributed by atoms with E-state index < -0.39 is 10.0 Å². The molecule has 1 aromatic carbocycles. The number of rotatable bonds is 5. The van der Waals surface area contributed by atoms with Gasteiger partial charge in [-0.1, -0.05) is 6.07 Å². The molecule has 0 aliphatic carbocycles. The van der Waals surface area contributed by atoms with Crippen LogP contribution in [0.4, 0.5) is 5.69 Å². The highest BCUT2D eigenvalue weighted by atomic mass is 32.2. The van der Waals surface area contributed by atoms with Gasteiger partial charge in [0.25, 0.3) is 0 Å². The minimum absolute atomic E-state index is 0.128. The van der Waals surface area contributed by atoms with Crippen molar-refractivity contribution in [1.29, 1.82) is 0 Å². The molecule has 122 valence electrons. The Kier molecular flexibility index (Phi) is 4.92. The van der Waals surface area contributed by atoms with Crippen molar-refractivity contribution in [3.8, 4) is 17.1 Å². The van der Waals surface area contributed by atoms with E-state index in [2.05, 4.69) is 15.3 Å². The summed E-state index contributed by atoms with van der Waals surface area (Å²) in [5.41, 5.74) is 1.13. The molecule has 0 bridgehead atoms. The zero-order chi connectivity index (χ0) is 17.0. The van der Waals surface area contributed by atoms with Crippen molar-refractivity contribution in [2.24, 2.45) is 5.14 Å². The lowest BCUT2D eigenvalue weighted by Gasteiger charge is -2.11. The maximum absolute atomic E-state index is 11.8. The van der Waals surface area contributed by atoms with Crippen LogP contribution in [-0.4, -0.2) is 30.9 Å². The SMILES string of the molecule is CCOc1ncc(-c2ccc(NC(C)=O)cc2S(N)(=O)=O)cn1. The van der Waals surface area contributed by atoms with Crippen LogP contribution in [0.5, 0.6) is 6.01 Å². The molecule has 0 spiro atoms. The molecule has 2 rings (SSSR count). The summed E-state index contributed by atoms with van der Waals surface area (Å²) in [5.74, 6) is -0.317. The molecule has 9 heteroatoms. The number of aromatic nitrogens is 2. The number of hydrogen-bond acceptors (Lipinski definition) is 6. The van der Waals surface area contributed by atoms with E-state index in [1.807, 2.05) is 0 Å². The van der Waals surface area contributed by atoms with Gasteiger partial charge in [0.05, 0.1) is 11.5 Å². The van der Waals surface area contributed by atoms with E-state index in [1.54, 1.807) is 13.0 Å². The Morgan fingerprint density at radius 2 is 1.96 bits per heavy atom. The van der Waals surface area contributed by atoms with Crippen molar-refractivity contribution in [1.82, 2.24) is 9.97 Å². The third-order valence-electron chi connectivity index (χ3n) is 2.82. The summed E-state index contributed by atoms with van der Waals surface area (Å²) >= 11 is 0. The topological polar surface area (TPSA) is 124 Å². The third kappa shape index (κ3) is 4.24. The summed E-state index contributed by atoms with van der Waals surface area (Å²) in [7, 11) is -4.00. The molecule has 0 saturated heterocycles. The number of anilines is 1. The number of sulfonamides is 1. The molecule has 0 saturated carbocycles. The molecule has 0 atom stereocenters. The smallest absolute Gasteiger partial charge is 0.316 e. The van der Waals surface area contributed by atoms with Gasteiger partial charge in [-0.05, 0) is 19.1 Å². The van der Waals surface area contributed by atoms with Crippen LogP contribution >= 0.6 is 0 Å². The Hall–Kier alpha value is -2.52. The van der Waals surface area contributed by atoms with Crippen LogP contribution < -0.4 is 15.2 Å². The molecule has 3 N–H and O–H groups in total. The molecule has 0 fully saturated rings. The first-order valence-corrected chi connectivity index (χ1v) is 8.25. The van der Waals surface area contributed by atoms with Crippen molar-refractivity contribution in [2.75, 3.05) is 11.9 Å². The minimum Gasteiger partial charge on any atom is -0.464 e. The van der Waals surface area contributed by atoms with Gasteiger partial charge in [0.15, 0.2) is 0 Å². The van der Waals surface area contributed by atoms with Gasteiger partial charge in [-0.15, -0.1) is 0 Å². The van der Waals surface area contributed by atoms with Gasteiger partial charge in [-0.3, -0.25) is 4.79 Å². The second kappa shape index (κ2) is 6.71. The molecule has 1 aromatic heterocycles. The highest BCUT2D eigenvalue weighted by Crippen LogP contribution is 2.29. The Balaban J connectivity index is 2.50. The number of nitrogens with zero attached hydrogens (tertiary/aromatic N) is 2. The average molecular weight is 336 g/mol. The predicted molar refractivity (Wildman–Crippen MR) is 84.3 cm³/mol. The van der Waals surface area contributed by atoms with Crippen molar-refractivity contribution >= 4 is 21.6 Å². The zero-order valence-corrected chi connectivity index (χ0v) is 13.4. The van der Waals surface area contributed by atoms with Crippen LogP contribution in [0.2, 0.25) is 0 Å². The van der Waals surface area contributed by atoms with Crippen LogP contribution in [0, 0.1) is 0 Å². The fraction of sp³-hybridized carbons (Fsp3) is 0.214. The standard InChI is InChI=1S/C14H16N4O4S/c1-3-22-14-16-7-10(8-17-14)12-5-4-11(18-9(2)19)6-13(12)23(15,20)21/h4-8H,3H2,1-2H3,(H,18,19)(H2,15,20,21). The molecule has 1 amide bonds. The van der Waals surface area contributed by atoms with Crippen LogP contribution in [0.3, 0.4) is 0 Å². The summed E-state index contributed by atoms with van der Waals surface area (Å²) in [6.07, 6.45) is 2.89. The molecule has 0 radical (unpaired) electrons. The molecule has 0 aliphatic rings. The van der Waals surface area contributed by atoms with Crippen molar-refractivity contribution in [2.45, 2.75) is 18.7 Å². The van der Waals surface area contributed by atoms with Crippen molar-refractivity contribution in [3.05, 3.63) is 30.6 Å². The van der Waals surface area contributed by atoms with Gasteiger partial charge in [-0.25, -0.2) is 23.5 Å². The highest BCUT2D eigenvalue weighted by molar-refractivity contribution is 7.89. The van der Waals surface area contributed by atoms with E-state index in [1.165, 1.54) is 31.5 Å².